The third kappa shape index (κ3) is 4.24. The molecule has 164 valence electrons. The molecule has 1 heterocycles. The lowest BCUT2D eigenvalue weighted by atomic mass is 9.49. The zero-order chi connectivity index (χ0) is 21.6. The number of nitrogens with zero attached hydrogens (tertiary/aromatic N) is 2. The van der Waals surface area contributed by atoms with Crippen LogP contribution < -0.4 is 10.6 Å². The molecule has 4 aliphatic carbocycles. The first kappa shape index (κ1) is 20.9. The Bertz CT molecular complexity index is 983. The van der Waals surface area contributed by atoms with Crippen molar-refractivity contribution < 1.29 is 9.59 Å². The molecule has 8 heteroatoms. The molecule has 31 heavy (non-hydrogen) atoms. The molecule has 0 atom stereocenters. The van der Waals surface area contributed by atoms with Crippen molar-refractivity contribution in [2.24, 2.45) is 23.2 Å². The molecule has 0 aliphatic heterocycles. The first-order valence-corrected chi connectivity index (χ1v) is 12.8. The van der Waals surface area contributed by atoms with Crippen LogP contribution in [-0.2, 0) is 9.59 Å². The van der Waals surface area contributed by atoms with Gasteiger partial charge in [-0.1, -0.05) is 35.2 Å². The topological polar surface area (TPSA) is 84.0 Å². The number of thioether (sulfide) groups is 1. The first-order chi connectivity index (χ1) is 14.9. The van der Waals surface area contributed by atoms with E-state index in [0.29, 0.717) is 9.47 Å². The Morgan fingerprint density at radius 1 is 1.06 bits per heavy atom. The van der Waals surface area contributed by atoms with E-state index in [1.165, 1.54) is 42.4 Å². The Kier molecular flexibility index (Phi) is 5.54. The number of amides is 2. The van der Waals surface area contributed by atoms with Gasteiger partial charge in [-0.05, 0) is 87.3 Å². The molecule has 2 amide bonds. The van der Waals surface area contributed by atoms with E-state index in [2.05, 4.69) is 20.8 Å². The standard InChI is InChI=1S/C23H28N4O2S2/c1-13-4-3-5-18(14(13)2)24-19(28)12-30-22-27-26-21(31-22)25-20(29)23-9-15-6-16(10-23)8-17(7-15)11-23/h3-5,15-17H,6-12H2,1-2H3,(H,24,28)(H,25,26,29). The number of nitrogens with one attached hydrogen (secondary N) is 2. The summed E-state index contributed by atoms with van der Waals surface area (Å²) in [6.07, 6.45) is 7.04. The lowest BCUT2D eigenvalue weighted by Gasteiger charge is -2.55. The molecule has 4 fully saturated rings. The predicted octanol–water partition coefficient (Wildman–Crippen LogP) is 5.04. The van der Waals surface area contributed by atoms with E-state index in [0.717, 1.165) is 53.8 Å². The number of anilines is 2. The maximum Gasteiger partial charge on any atom is 0.234 e. The fourth-order valence-electron chi connectivity index (χ4n) is 6.14. The van der Waals surface area contributed by atoms with Crippen molar-refractivity contribution in [2.45, 2.75) is 56.7 Å². The van der Waals surface area contributed by atoms with E-state index in [9.17, 15) is 9.59 Å². The van der Waals surface area contributed by atoms with Gasteiger partial charge in [-0.15, -0.1) is 10.2 Å². The maximum atomic E-state index is 13.2. The van der Waals surface area contributed by atoms with Crippen LogP contribution in [0.5, 0.6) is 0 Å². The van der Waals surface area contributed by atoms with Gasteiger partial charge in [0, 0.05) is 5.69 Å². The summed E-state index contributed by atoms with van der Waals surface area (Å²) in [7, 11) is 0. The van der Waals surface area contributed by atoms with Crippen LogP contribution in [0, 0.1) is 37.0 Å². The SMILES string of the molecule is Cc1cccc(NC(=O)CSc2nnc(NC(=O)C34CC5CC(CC(C5)C3)C4)s2)c1C. The minimum absolute atomic E-state index is 0.0759. The van der Waals surface area contributed by atoms with Gasteiger partial charge in [0.05, 0.1) is 11.2 Å². The number of aryl methyl sites for hydroxylation is 1. The van der Waals surface area contributed by atoms with Gasteiger partial charge in [-0.2, -0.15) is 0 Å². The van der Waals surface area contributed by atoms with Gasteiger partial charge in [0.15, 0.2) is 4.34 Å². The Balaban J connectivity index is 1.16. The number of carbonyl (C=O) groups is 2. The Morgan fingerprint density at radius 3 is 2.42 bits per heavy atom. The molecule has 1 aromatic heterocycles. The second-order valence-electron chi connectivity index (χ2n) is 9.61. The molecule has 4 aliphatic rings. The van der Waals surface area contributed by atoms with Crippen LogP contribution in [0.1, 0.15) is 49.7 Å². The third-order valence-corrected chi connectivity index (χ3v) is 9.32. The molecule has 0 unspecified atom stereocenters. The van der Waals surface area contributed by atoms with Gasteiger partial charge in [-0.3, -0.25) is 9.59 Å². The second kappa shape index (κ2) is 8.20. The summed E-state index contributed by atoms with van der Waals surface area (Å²) in [6, 6.07) is 5.88. The third-order valence-electron chi connectivity index (χ3n) is 7.35. The number of aromatic nitrogens is 2. The zero-order valence-electron chi connectivity index (χ0n) is 17.9. The number of hydrogen-bond donors (Lipinski definition) is 2. The molecule has 2 aromatic rings. The largest absolute Gasteiger partial charge is 0.325 e. The summed E-state index contributed by atoms with van der Waals surface area (Å²) < 4.78 is 0.692. The highest BCUT2D eigenvalue weighted by Gasteiger charge is 2.54. The zero-order valence-corrected chi connectivity index (χ0v) is 19.6. The summed E-state index contributed by atoms with van der Waals surface area (Å²) in [4.78, 5) is 25.5. The second-order valence-corrected chi connectivity index (χ2v) is 11.8. The highest BCUT2D eigenvalue weighted by atomic mass is 32.2. The summed E-state index contributed by atoms with van der Waals surface area (Å²) in [5.41, 5.74) is 2.87. The highest BCUT2D eigenvalue weighted by molar-refractivity contribution is 8.01. The number of carbonyl (C=O) groups excluding carboxylic acids is 2. The lowest BCUT2D eigenvalue weighted by Crippen LogP contribution is -2.51. The lowest BCUT2D eigenvalue weighted by molar-refractivity contribution is -0.140. The molecule has 0 spiro atoms. The van der Waals surface area contributed by atoms with E-state index < -0.39 is 0 Å². The molecule has 6 nitrogen and oxygen atoms in total. The van der Waals surface area contributed by atoms with Crippen molar-refractivity contribution in [1.29, 1.82) is 0 Å². The summed E-state index contributed by atoms with van der Waals surface area (Å²) in [5.74, 6) is 2.50. The minimum atomic E-state index is -0.195. The van der Waals surface area contributed by atoms with Gasteiger partial charge >= 0.3 is 0 Å². The summed E-state index contributed by atoms with van der Waals surface area (Å²) in [6.45, 7) is 4.03. The van der Waals surface area contributed by atoms with E-state index in [1.807, 2.05) is 32.0 Å². The van der Waals surface area contributed by atoms with Crippen molar-refractivity contribution in [3.8, 4) is 0 Å². The molecule has 2 N–H and O–H groups in total. The monoisotopic (exact) mass is 456 g/mol. The smallest absolute Gasteiger partial charge is 0.234 e. The van der Waals surface area contributed by atoms with Gasteiger partial charge in [0.1, 0.15) is 0 Å². The highest BCUT2D eigenvalue weighted by Crippen LogP contribution is 2.60. The van der Waals surface area contributed by atoms with Gasteiger partial charge < -0.3 is 10.6 Å². The predicted molar refractivity (Wildman–Crippen MR) is 124 cm³/mol. The Morgan fingerprint density at radius 2 is 1.74 bits per heavy atom. The van der Waals surface area contributed by atoms with E-state index >= 15 is 0 Å². The molecule has 4 bridgehead atoms. The average Bonchev–Trinajstić information content (AvgIpc) is 3.16. The van der Waals surface area contributed by atoms with Crippen molar-refractivity contribution in [3.05, 3.63) is 29.3 Å². The molecule has 1 aromatic carbocycles. The molecule has 6 rings (SSSR count). The Labute approximate surface area is 191 Å². The fourth-order valence-corrected chi connectivity index (χ4v) is 7.68. The fraction of sp³-hybridized carbons (Fsp3) is 0.565. The number of hydrogen-bond acceptors (Lipinski definition) is 6. The molecule has 0 saturated heterocycles. The maximum absolute atomic E-state index is 13.2. The van der Waals surface area contributed by atoms with Crippen LogP contribution in [0.25, 0.3) is 0 Å². The minimum Gasteiger partial charge on any atom is -0.325 e. The van der Waals surface area contributed by atoms with Crippen LogP contribution in [0.2, 0.25) is 0 Å². The van der Waals surface area contributed by atoms with Gasteiger partial charge in [-0.25, -0.2) is 0 Å². The van der Waals surface area contributed by atoms with Gasteiger partial charge in [0.2, 0.25) is 16.9 Å². The normalized spacial score (nSPS) is 28.5. The molecule has 4 saturated carbocycles. The van der Waals surface area contributed by atoms with Crippen molar-refractivity contribution in [3.63, 3.8) is 0 Å². The molecule has 0 radical (unpaired) electrons. The van der Waals surface area contributed by atoms with Crippen LogP contribution in [0.4, 0.5) is 10.8 Å². The Hall–Kier alpha value is -1.93. The van der Waals surface area contributed by atoms with Crippen molar-refractivity contribution in [2.75, 3.05) is 16.4 Å². The van der Waals surface area contributed by atoms with Crippen LogP contribution in [0.15, 0.2) is 22.5 Å². The van der Waals surface area contributed by atoms with E-state index in [1.54, 1.807) is 0 Å². The van der Waals surface area contributed by atoms with Crippen molar-refractivity contribution in [1.82, 2.24) is 10.2 Å². The summed E-state index contributed by atoms with van der Waals surface area (Å²) >= 11 is 2.69. The van der Waals surface area contributed by atoms with Crippen LogP contribution in [-0.4, -0.2) is 27.8 Å². The quantitative estimate of drug-likeness (QED) is 0.470. The van der Waals surface area contributed by atoms with Crippen molar-refractivity contribution >= 4 is 45.7 Å². The van der Waals surface area contributed by atoms with E-state index in [4.69, 9.17) is 0 Å². The first-order valence-electron chi connectivity index (χ1n) is 11.0. The van der Waals surface area contributed by atoms with Crippen LogP contribution >= 0.6 is 23.1 Å². The van der Waals surface area contributed by atoms with Gasteiger partial charge in [0.25, 0.3) is 0 Å². The number of benzene rings is 1. The number of rotatable bonds is 6. The summed E-state index contributed by atoms with van der Waals surface area (Å²) in [5, 5.41) is 14.9. The average molecular weight is 457 g/mol. The molecular weight excluding hydrogens is 428 g/mol. The van der Waals surface area contributed by atoms with Crippen LogP contribution in [0.3, 0.4) is 0 Å². The molecular formula is C23H28N4O2S2. The van der Waals surface area contributed by atoms with E-state index in [-0.39, 0.29) is 23.0 Å².